The first-order chi connectivity index (χ1) is 13.5. The van der Waals surface area contributed by atoms with E-state index in [4.69, 9.17) is 4.74 Å². The number of amides is 2. The van der Waals surface area contributed by atoms with Crippen molar-refractivity contribution in [2.24, 2.45) is 0 Å². The van der Waals surface area contributed by atoms with Crippen molar-refractivity contribution in [3.8, 4) is 5.75 Å². The van der Waals surface area contributed by atoms with Gasteiger partial charge in [-0.2, -0.15) is 0 Å². The van der Waals surface area contributed by atoms with Crippen LogP contribution >= 0.6 is 11.3 Å². The summed E-state index contributed by atoms with van der Waals surface area (Å²) in [5.74, 6) is -0.996. The Hall–Kier alpha value is -2.94. The molecular formula is C19H21N3O5S. The highest BCUT2D eigenvalue weighted by Gasteiger charge is 2.17. The summed E-state index contributed by atoms with van der Waals surface area (Å²) in [6, 6.07) is 7.68. The standard InChI is InChI=1S/C19H21N3O5S/c23-18(12-27-15-9-6-5-8-14(15)22(25)26)20-21-19(24)17-11-13-7-3-1-2-4-10-16(13)28-17/h5-6,8-9,11H,1-4,7,10,12H2,(H,20,23)(H,21,24). The van der Waals surface area contributed by atoms with Crippen LogP contribution in [0.25, 0.3) is 0 Å². The van der Waals surface area contributed by atoms with Gasteiger partial charge in [-0.3, -0.25) is 30.6 Å². The number of hydrogen-bond acceptors (Lipinski definition) is 6. The molecule has 0 atom stereocenters. The number of para-hydroxylation sites is 2. The molecule has 1 aliphatic rings. The summed E-state index contributed by atoms with van der Waals surface area (Å²) in [6.07, 6.45) is 6.66. The molecule has 0 spiro atoms. The van der Waals surface area contributed by atoms with Crippen LogP contribution in [-0.4, -0.2) is 23.3 Å². The lowest BCUT2D eigenvalue weighted by molar-refractivity contribution is -0.385. The number of hydrazine groups is 1. The summed E-state index contributed by atoms with van der Waals surface area (Å²) in [6.45, 7) is -0.452. The number of thiophene rings is 1. The third-order valence-electron chi connectivity index (χ3n) is 4.46. The Kier molecular flexibility index (Phi) is 6.59. The number of hydrogen-bond donors (Lipinski definition) is 2. The molecule has 28 heavy (non-hydrogen) atoms. The van der Waals surface area contributed by atoms with Crippen molar-refractivity contribution in [3.63, 3.8) is 0 Å². The van der Waals surface area contributed by atoms with E-state index < -0.39 is 17.4 Å². The fourth-order valence-electron chi connectivity index (χ4n) is 3.05. The van der Waals surface area contributed by atoms with Gasteiger partial charge in [-0.1, -0.05) is 25.0 Å². The normalized spacial score (nSPS) is 13.6. The predicted molar refractivity (Wildman–Crippen MR) is 104 cm³/mol. The highest BCUT2D eigenvalue weighted by atomic mass is 32.1. The maximum Gasteiger partial charge on any atom is 0.310 e. The second kappa shape index (κ2) is 9.32. The lowest BCUT2D eigenvalue weighted by Crippen LogP contribution is -2.43. The molecule has 1 aromatic carbocycles. The number of ether oxygens (including phenoxy) is 1. The molecule has 8 nitrogen and oxygen atoms in total. The minimum absolute atomic E-state index is 0.00737. The summed E-state index contributed by atoms with van der Waals surface area (Å²) in [5, 5.41) is 10.9. The number of nitrogens with zero attached hydrogens (tertiary/aromatic N) is 1. The van der Waals surface area contributed by atoms with Gasteiger partial charge in [0.1, 0.15) is 0 Å². The molecule has 2 aromatic rings. The Balaban J connectivity index is 1.51. The highest BCUT2D eigenvalue weighted by Crippen LogP contribution is 2.28. The highest BCUT2D eigenvalue weighted by molar-refractivity contribution is 7.14. The van der Waals surface area contributed by atoms with E-state index in [1.165, 1.54) is 52.8 Å². The number of nitro groups is 1. The van der Waals surface area contributed by atoms with Gasteiger partial charge < -0.3 is 4.74 Å². The molecule has 1 aromatic heterocycles. The zero-order chi connectivity index (χ0) is 19.9. The third-order valence-corrected chi connectivity index (χ3v) is 5.69. The first kappa shape index (κ1) is 19.8. The van der Waals surface area contributed by atoms with Crippen LogP contribution < -0.4 is 15.6 Å². The number of rotatable bonds is 5. The van der Waals surface area contributed by atoms with Gasteiger partial charge in [0.15, 0.2) is 12.4 Å². The van der Waals surface area contributed by atoms with Gasteiger partial charge in [0.25, 0.3) is 11.8 Å². The summed E-state index contributed by atoms with van der Waals surface area (Å²) in [7, 11) is 0. The van der Waals surface area contributed by atoms with E-state index in [1.54, 1.807) is 6.07 Å². The molecule has 0 unspecified atom stereocenters. The van der Waals surface area contributed by atoms with E-state index in [-0.39, 0.29) is 17.3 Å². The van der Waals surface area contributed by atoms with Crippen LogP contribution in [0, 0.1) is 10.1 Å². The van der Waals surface area contributed by atoms with E-state index in [2.05, 4.69) is 10.9 Å². The number of carbonyl (C=O) groups excluding carboxylic acids is 2. The fraction of sp³-hybridized carbons (Fsp3) is 0.368. The third kappa shape index (κ3) is 5.07. The van der Waals surface area contributed by atoms with Gasteiger partial charge in [0.2, 0.25) is 0 Å². The van der Waals surface area contributed by atoms with E-state index in [0.717, 1.165) is 25.7 Å². The number of fused-ring (bicyclic) bond motifs is 1. The zero-order valence-electron chi connectivity index (χ0n) is 15.2. The maximum atomic E-state index is 12.3. The largest absolute Gasteiger partial charge is 0.477 e. The zero-order valence-corrected chi connectivity index (χ0v) is 16.0. The SMILES string of the molecule is O=C(COc1ccccc1[N+](=O)[O-])NNC(=O)c1cc2c(s1)CCCCCC2. The summed E-state index contributed by atoms with van der Waals surface area (Å²) < 4.78 is 5.19. The van der Waals surface area contributed by atoms with Crippen LogP contribution in [-0.2, 0) is 17.6 Å². The summed E-state index contributed by atoms with van der Waals surface area (Å²) >= 11 is 1.46. The van der Waals surface area contributed by atoms with Gasteiger partial charge in [0.05, 0.1) is 9.80 Å². The molecule has 0 fully saturated rings. The van der Waals surface area contributed by atoms with Crippen molar-refractivity contribution in [3.05, 3.63) is 55.8 Å². The number of aryl methyl sites for hydroxylation is 2. The number of nitrogens with one attached hydrogen (secondary N) is 2. The number of nitro benzene ring substituents is 1. The fourth-order valence-corrected chi connectivity index (χ4v) is 4.20. The van der Waals surface area contributed by atoms with E-state index in [0.29, 0.717) is 4.88 Å². The second-order valence-corrected chi connectivity index (χ2v) is 7.63. The van der Waals surface area contributed by atoms with Gasteiger partial charge >= 0.3 is 5.69 Å². The van der Waals surface area contributed by atoms with E-state index >= 15 is 0 Å². The van der Waals surface area contributed by atoms with Gasteiger partial charge in [-0.25, -0.2) is 0 Å². The Bertz CT molecular complexity index is 855. The average Bonchev–Trinajstić information content (AvgIpc) is 3.06. The average molecular weight is 403 g/mol. The number of benzene rings is 1. The van der Waals surface area contributed by atoms with Crippen LogP contribution in [0.4, 0.5) is 5.69 Å². The molecule has 1 heterocycles. The van der Waals surface area contributed by atoms with E-state index in [9.17, 15) is 19.7 Å². The van der Waals surface area contributed by atoms with Crippen molar-refractivity contribution >= 4 is 28.8 Å². The van der Waals surface area contributed by atoms with Crippen LogP contribution in [0.3, 0.4) is 0 Å². The van der Waals surface area contributed by atoms with Crippen molar-refractivity contribution in [1.82, 2.24) is 10.9 Å². The molecule has 2 amide bonds. The monoisotopic (exact) mass is 403 g/mol. The van der Waals surface area contributed by atoms with Gasteiger partial charge in [-0.15, -0.1) is 11.3 Å². The smallest absolute Gasteiger partial charge is 0.310 e. The predicted octanol–water partition coefficient (Wildman–Crippen LogP) is 3.16. The van der Waals surface area contributed by atoms with Crippen molar-refractivity contribution in [2.45, 2.75) is 38.5 Å². The molecule has 9 heteroatoms. The topological polar surface area (TPSA) is 111 Å². The molecule has 0 aliphatic heterocycles. The quantitative estimate of drug-likeness (QED) is 0.588. The molecule has 148 valence electrons. The first-order valence-corrected chi connectivity index (χ1v) is 9.93. The molecule has 0 saturated carbocycles. The summed E-state index contributed by atoms with van der Waals surface area (Å²) in [5.41, 5.74) is 5.65. The van der Waals surface area contributed by atoms with Crippen LogP contribution in [0.15, 0.2) is 30.3 Å². The minimum atomic E-state index is -0.610. The first-order valence-electron chi connectivity index (χ1n) is 9.11. The van der Waals surface area contributed by atoms with Crippen LogP contribution in [0.2, 0.25) is 0 Å². The summed E-state index contributed by atoms with van der Waals surface area (Å²) in [4.78, 5) is 36.4. The lowest BCUT2D eigenvalue weighted by Gasteiger charge is -2.08. The molecule has 0 saturated heterocycles. The molecular weight excluding hydrogens is 382 g/mol. The van der Waals surface area contributed by atoms with Crippen molar-refractivity contribution < 1.29 is 19.2 Å². The molecule has 0 bridgehead atoms. The van der Waals surface area contributed by atoms with Crippen LogP contribution in [0.5, 0.6) is 5.75 Å². The number of carbonyl (C=O) groups is 2. The van der Waals surface area contributed by atoms with E-state index in [1.807, 2.05) is 6.07 Å². The minimum Gasteiger partial charge on any atom is -0.477 e. The molecule has 3 rings (SSSR count). The maximum absolute atomic E-state index is 12.3. The van der Waals surface area contributed by atoms with Crippen molar-refractivity contribution in [2.75, 3.05) is 6.61 Å². The Morgan fingerprint density at radius 3 is 2.64 bits per heavy atom. The van der Waals surface area contributed by atoms with Crippen LogP contribution in [0.1, 0.15) is 45.8 Å². The van der Waals surface area contributed by atoms with Gasteiger partial charge in [0, 0.05) is 10.9 Å². The Morgan fingerprint density at radius 2 is 1.86 bits per heavy atom. The Morgan fingerprint density at radius 1 is 1.11 bits per heavy atom. The lowest BCUT2D eigenvalue weighted by atomic mass is 10.00. The molecule has 1 aliphatic carbocycles. The van der Waals surface area contributed by atoms with Gasteiger partial charge in [-0.05, 0) is 43.4 Å². The molecule has 0 radical (unpaired) electrons. The molecule has 2 N–H and O–H groups in total. The van der Waals surface area contributed by atoms with Crippen molar-refractivity contribution in [1.29, 1.82) is 0 Å². The Labute approximate surface area is 166 Å². The second-order valence-electron chi connectivity index (χ2n) is 6.49.